The van der Waals surface area contributed by atoms with E-state index in [0.717, 1.165) is 30.4 Å². The molecule has 3 nitrogen and oxygen atoms in total. The van der Waals surface area contributed by atoms with Gasteiger partial charge in [-0.05, 0) is 63.5 Å². The lowest BCUT2D eigenvalue weighted by molar-refractivity contribution is -0.211. The highest BCUT2D eigenvalue weighted by Crippen LogP contribution is 2.57. The van der Waals surface area contributed by atoms with Crippen LogP contribution in [0, 0.1) is 11.8 Å². The SMILES string of the molecule is CC(C)(OCC(F)(F)F)[C@H]1CC[C@]2(O)C3=C(CCCC3)C(=O)[C@H]12. The molecule has 0 aliphatic heterocycles. The molecule has 1 saturated carbocycles. The highest BCUT2D eigenvalue weighted by Gasteiger charge is 2.62. The van der Waals surface area contributed by atoms with Crippen LogP contribution in [0.5, 0.6) is 0 Å². The Morgan fingerprint density at radius 2 is 1.91 bits per heavy atom. The minimum Gasteiger partial charge on any atom is -0.385 e. The van der Waals surface area contributed by atoms with Gasteiger partial charge in [-0.25, -0.2) is 0 Å². The van der Waals surface area contributed by atoms with Crippen LogP contribution < -0.4 is 0 Å². The molecule has 0 spiro atoms. The second-order valence-corrected chi connectivity index (χ2v) is 7.58. The summed E-state index contributed by atoms with van der Waals surface area (Å²) < 4.78 is 42.6. The number of allylic oxidation sites excluding steroid dienone is 1. The zero-order chi connectivity index (χ0) is 17.0. The quantitative estimate of drug-likeness (QED) is 0.860. The minimum absolute atomic E-state index is 0.0617. The number of fused-ring (bicyclic) bond motifs is 2. The molecule has 3 atom stereocenters. The summed E-state index contributed by atoms with van der Waals surface area (Å²) in [6, 6.07) is 0. The van der Waals surface area contributed by atoms with Gasteiger partial charge in [-0.1, -0.05) is 0 Å². The normalized spacial score (nSPS) is 34.8. The van der Waals surface area contributed by atoms with Crippen LogP contribution in [0.4, 0.5) is 13.2 Å². The van der Waals surface area contributed by atoms with Crippen molar-refractivity contribution in [2.45, 2.75) is 69.8 Å². The van der Waals surface area contributed by atoms with Crippen molar-refractivity contribution < 1.29 is 27.8 Å². The summed E-state index contributed by atoms with van der Waals surface area (Å²) >= 11 is 0. The molecule has 0 aromatic heterocycles. The van der Waals surface area contributed by atoms with Crippen molar-refractivity contribution in [1.82, 2.24) is 0 Å². The topological polar surface area (TPSA) is 46.5 Å². The lowest BCUT2D eigenvalue weighted by Gasteiger charge is -2.37. The standard InChI is InChI=1S/C17H23F3O3/c1-15(2,23-9-17(18,19)20)12-7-8-16(22)11-6-4-3-5-10(11)14(21)13(12)16/h12-13,22H,3-9H2,1-2H3/t12-,13-,16-/m0/s1. The molecular formula is C17H23F3O3. The van der Waals surface area contributed by atoms with Crippen molar-refractivity contribution in [3.05, 3.63) is 11.1 Å². The number of carbonyl (C=O) groups is 1. The zero-order valence-electron chi connectivity index (χ0n) is 13.5. The van der Waals surface area contributed by atoms with Crippen molar-refractivity contribution in [3.63, 3.8) is 0 Å². The number of halogens is 3. The molecule has 3 aliphatic carbocycles. The lowest BCUT2D eigenvalue weighted by atomic mass is 9.77. The number of ether oxygens (including phenoxy) is 1. The maximum absolute atomic E-state index is 12.8. The maximum atomic E-state index is 12.8. The molecule has 3 rings (SSSR count). The van der Waals surface area contributed by atoms with Crippen LogP contribution in [-0.2, 0) is 9.53 Å². The molecule has 0 unspecified atom stereocenters. The summed E-state index contributed by atoms with van der Waals surface area (Å²) in [5, 5.41) is 11.1. The number of hydrogen-bond donors (Lipinski definition) is 1. The smallest absolute Gasteiger partial charge is 0.385 e. The van der Waals surface area contributed by atoms with Crippen LogP contribution in [0.2, 0.25) is 0 Å². The van der Waals surface area contributed by atoms with Gasteiger partial charge in [0.05, 0.1) is 17.1 Å². The van der Waals surface area contributed by atoms with Gasteiger partial charge in [0.1, 0.15) is 6.61 Å². The van der Waals surface area contributed by atoms with Gasteiger partial charge < -0.3 is 9.84 Å². The number of rotatable bonds is 3. The summed E-state index contributed by atoms with van der Waals surface area (Å²) in [5.41, 5.74) is -0.668. The van der Waals surface area contributed by atoms with E-state index >= 15 is 0 Å². The van der Waals surface area contributed by atoms with Crippen molar-refractivity contribution in [2.24, 2.45) is 11.8 Å². The van der Waals surface area contributed by atoms with Gasteiger partial charge in [0, 0.05) is 5.92 Å². The third-order valence-corrected chi connectivity index (χ3v) is 5.82. The molecule has 0 aromatic carbocycles. The zero-order valence-corrected chi connectivity index (χ0v) is 13.5. The molecular weight excluding hydrogens is 309 g/mol. The van der Waals surface area contributed by atoms with E-state index in [1.165, 1.54) is 0 Å². The first-order valence-electron chi connectivity index (χ1n) is 8.26. The molecule has 23 heavy (non-hydrogen) atoms. The average Bonchev–Trinajstić information content (AvgIpc) is 2.92. The molecule has 0 saturated heterocycles. The number of carbonyl (C=O) groups excluding carboxylic acids is 1. The molecule has 0 amide bonds. The molecule has 130 valence electrons. The highest BCUT2D eigenvalue weighted by atomic mass is 19.4. The first-order valence-corrected chi connectivity index (χ1v) is 8.26. The second kappa shape index (κ2) is 5.31. The molecule has 3 aliphatic rings. The van der Waals surface area contributed by atoms with Crippen molar-refractivity contribution >= 4 is 5.78 Å². The summed E-state index contributed by atoms with van der Waals surface area (Å²) in [7, 11) is 0. The largest absolute Gasteiger partial charge is 0.411 e. The number of alkyl halides is 3. The molecule has 1 N–H and O–H groups in total. The summed E-state index contributed by atoms with van der Waals surface area (Å²) in [4.78, 5) is 12.8. The van der Waals surface area contributed by atoms with Gasteiger partial charge in [0.2, 0.25) is 0 Å². The monoisotopic (exact) mass is 332 g/mol. The first-order chi connectivity index (χ1) is 10.6. The van der Waals surface area contributed by atoms with Crippen molar-refractivity contribution in [1.29, 1.82) is 0 Å². The van der Waals surface area contributed by atoms with E-state index in [4.69, 9.17) is 4.74 Å². The van der Waals surface area contributed by atoms with E-state index in [1.54, 1.807) is 13.8 Å². The van der Waals surface area contributed by atoms with Crippen molar-refractivity contribution in [3.8, 4) is 0 Å². The van der Waals surface area contributed by atoms with Crippen LogP contribution in [0.3, 0.4) is 0 Å². The van der Waals surface area contributed by atoms with E-state index < -0.39 is 35.8 Å². The predicted molar refractivity (Wildman–Crippen MR) is 77.8 cm³/mol. The molecule has 6 heteroatoms. The maximum Gasteiger partial charge on any atom is 0.411 e. The Morgan fingerprint density at radius 3 is 2.57 bits per heavy atom. The van der Waals surface area contributed by atoms with E-state index in [1.807, 2.05) is 0 Å². The fraction of sp³-hybridized carbons (Fsp3) is 0.824. The average molecular weight is 332 g/mol. The minimum atomic E-state index is -4.40. The Bertz CT molecular complexity index is 550. The second-order valence-electron chi connectivity index (χ2n) is 7.58. The fourth-order valence-electron chi connectivity index (χ4n) is 4.74. The van der Waals surface area contributed by atoms with Gasteiger partial charge in [-0.15, -0.1) is 0 Å². The van der Waals surface area contributed by atoms with E-state index in [0.29, 0.717) is 19.3 Å². The van der Waals surface area contributed by atoms with Crippen LogP contribution in [0.15, 0.2) is 11.1 Å². The van der Waals surface area contributed by atoms with Gasteiger partial charge in [-0.3, -0.25) is 4.79 Å². The third kappa shape index (κ3) is 2.74. The van der Waals surface area contributed by atoms with Crippen LogP contribution in [-0.4, -0.2) is 34.9 Å². The van der Waals surface area contributed by atoms with Crippen molar-refractivity contribution in [2.75, 3.05) is 6.61 Å². The summed E-state index contributed by atoms with van der Waals surface area (Å²) in [6.45, 7) is 1.86. The highest BCUT2D eigenvalue weighted by molar-refractivity contribution is 6.03. The Balaban J connectivity index is 1.84. The van der Waals surface area contributed by atoms with Crippen LogP contribution in [0.1, 0.15) is 52.4 Å². The van der Waals surface area contributed by atoms with E-state index in [-0.39, 0.29) is 5.78 Å². The Kier molecular flexibility index (Phi) is 3.92. The number of hydrogen-bond acceptors (Lipinski definition) is 3. The molecule has 0 aromatic rings. The molecule has 1 fully saturated rings. The molecule has 0 bridgehead atoms. The Labute approximate surface area is 133 Å². The van der Waals surface area contributed by atoms with Gasteiger partial charge in [0.25, 0.3) is 0 Å². The first kappa shape index (κ1) is 17.0. The number of ketones is 1. The Morgan fingerprint density at radius 1 is 1.26 bits per heavy atom. The van der Waals surface area contributed by atoms with Gasteiger partial charge in [0.15, 0.2) is 5.78 Å². The number of aliphatic hydroxyl groups is 1. The van der Waals surface area contributed by atoms with E-state index in [9.17, 15) is 23.1 Å². The van der Waals surface area contributed by atoms with Gasteiger partial charge >= 0.3 is 6.18 Å². The summed E-state index contributed by atoms with van der Waals surface area (Å²) in [6.07, 6.45) is -0.149. The van der Waals surface area contributed by atoms with Gasteiger partial charge in [-0.2, -0.15) is 13.2 Å². The molecule has 0 radical (unpaired) electrons. The van der Waals surface area contributed by atoms with Crippen LogP contribution in [0.25, 0.3) is 0 Å². The number of Topliss-reactive ketones (excluding diaryl/α,β-unsaturated/α-hetero) is 1. The predicted octanol–water partition coefficient (Wildman–Crippen LogP) is 3.55. The van der Waals surface area contributed by atoms with Crippen LogP contribution >= 0.6 is 0 Å². The Hall–Kier alpha value is -0.880. The third-order valence-electron chi connectivity index (χ3n) is 5.82. The molecule has 0 heterocycles. The van der Waals surface area contributed by atoms with E-state index in [2.05, 4.69) is 0 Å². The fourth-order valence-corrected chi connectivity index (χ4v) is 4.74. The lowest BCUT2D eigenvalue weighted by Crippen LogP contribution is -2.45. The summed E-state index contributed by atoms with van der Waals surface area (Å²) in [5.74, 6) is -1.10.